The Balaban J connectivity index is 0.00000245. The molecule has 6 amide bonds. The maximum absolute atomic E-state index is 14.0. The number of aliphatic carboxylic acids is 1. The van der Waals surface area contributed by atoms with E-state index in [1.165, 1.54) is 23.2 Å². The van der Waals surface area contributed by atoms with Gasteiger partial charge in [0.1, 0.15) is 42.8 Å². The molecule has 6 heterocycles. The molecule has 3 unspecified atom stereocenters. The van der Waals surface area contributed by atoms with Gasteiger partial charge in [0.15, 0.2) is 22.7 Å². The Hall–Kier alpha value is -9.66. The third-order valence-electron chi connectivity index (χ3n) is 23.2. The van der Waals surface area contributed by atoms with E-state index in [0.29, 0.717) is 70.4 Å². The standard InChI is InChI=1S/C80H101N11O21S2.C2H6S.CO2/c1-9-62(93)83-57-31-51(36-109-27-28-114(106,107)108)90(72(57)100)34-63(94)86-64(44(2)3)71(99)82-45(4)58(92)30-47-17-18-50(49(29-47)19-21-59-66(95)67(96)68(97)69(112-59)74(103)104)35-110-76(105)88(8)25-26-111-80-40-77(6)37-78(7,41-80)39-79(38-77,42-80)43-91-46(5)54(32-81-91)52-20-22-61(85-65(52)73(101)102)89-24-23-48-13-12-14-53(55(48)33-89)70(98)87-75-84-56-15-10-11-16-60(56)113-75;1-3-2;2-1-3/h10-18,20,22,29,32,44-45,51,57,59,64,66-69,95-97H,9,19,21,23-28,30-31,33-43H2,1-8H3,(H,82,99)(H,83,93)(H,86,94)(H,101,102)(H,103,104)(H,84,87,98)(H,106,107,108);1-2H3;/t45-,51-,57-,59?,64-,66-,67+,68-,69-,77?,78?,79?,80?;;/m0../s1. The van der Waals surface area contributed by atoms with Crippen molar-refractivity contribution in [1.29, 1.82) is 0 Å². The van der Waals surface area contributed by atoms with Crippen LogP contribution in [-0.4, -0.2) is 253 Å². The first-order chi connectivity index (χ1) is 56.8. The highest BCUT2D eigenvalue weighted by Crippen LogP contribution is 2.72. The number of likely N-dealkylation sites (N-methyl/N-ethyl adjacent to an activating group) is 1. The number of likely N-dealkylation sites (tertiary alicyclic amines) is 1. The van der Waals surface area contributed by atoms with Gasteiger partial charge in [0, 0.05) is 68.5 Å². The van der Waals surface area contributed by atoms with E-state index in [1.54, 1.807) is 76.1 Å². The third kappa shape index (κ3) is 22.5. The van der Waals surface area contributed by atoms with Crippen molar-refractivity contribution < 1.29 is 110 Å². The van der Waals surface area contributed by atoms with Gasteiger partial charge in [-0.1, -0.05) is 88.4 Å². The number of aromatic carboxylic acids is 1. The number of carbonyl (C=O) groups excluding carboxylic acids is 9. The molecule has 7 aliphatic rings. The zero-order chi connectivity index (χ0) is 87.5. The molecular formula is C83H107N11O23S3. The van der Waals surface area contributed by atoms with Crippen LogP contribution in [0.25, 0.3) is 21.3 Å². The van der Waals surface area contributed by atoms with E-state index in [9.17, 15) is 77.1 Å². The van der Waals surface area contributed by atoms with Crippen LogP contribution in [0.5, 0.6) is 0 Å². The first-order valence-electron chi connectivity index (χ1n) is 39.8. The number of nitrogens with one attached hydrogen (secondary N) is 4. The van der Waals surface area contributed by atoms with Crippen LogP contribution < -0.4 is 26.2 Å². The number of aromatic nitrogens is 4. The van der Waals surface area contributed by atoms with Crippen LogP contribution in [0.1, 0.15) is 154 Å². The van der Waals surface area contributed by atoms with E-state index < -0.39 is 143 Å². The van der Waals surface area contributed by atoms with Crippen molar-refractivity contribution in [2.24, 2.45) is 22.2 Å². The summed E-state index contributed by atoms with van der Waals surface area (Å²) in [7, 11) is -2.77. The highest BCUT2D eigenvalue weighted by Gasteiger charge is 2.66. The van der Waals surface area contributed by atoms with Crippen LogP contribution in [-0.2, 0) is 106 Å². The van der Waals surface area contributed by atoms with Gasteiger partial charge < -0.3 is 75.1 Å². The zero-order valence-corrected chi connectivity index (χ0v) is 71.3. The van der Waals surface area contributed by atoms with Crippen molar-refractivity contribution in [3.05, 3.63) is 124 Å². The highest BCUT2D eigenvalue weighted by molar-refractivity contribution is 7.97. The largest absolute Gasteiger partial charge is 0.479 e. The number of amides is 6. The van der Waals surface area contributed by atoms with Gasteiger partial charge in [-0.25, -0.2) is 24.4 Å². The summed E-state index contributed by atoms with van der Waals surface area (Å²) in [5, 5.41) is 69.1. The van der Waals surface area contributed by atoms with Crippen molar-refractivity contribution in [3.8, 4) is 11.1 Å². The number of aliphatic hydroxyl groups excluding tert-OH is 3. The number of fused-ring (bicyclic) bond motifs is 2. The lowest BCUT2D eigenvalue weighted by Gasteiger charge is -2.69. The van der Waals surface area contributed by atoms with E-state index in [2.05, 4.69) is 40.1 Å². The number of para-hydroxylation sites is 1. The summed E-state index contributed by atoms with van der Waals surface area (Å²) in [6.45, 7) is 13.2. The van der Waals surface area contributed by atoms with Crippen LogP contribution in [0.4, 0.5) is 15.7 Å². The minimum Gasteiger partial charge on any atom is -0.479 e. The average Bonchev–Trinajstić information content (AvgIpc) is 0.732. The molecule has 0 spiro atoms. The topological polar surface area (TPSA) is 482 Å². The first-order valence-corrected chi connectivity index (χ1v) is 43.8. The maximum atomic E-state index is 14.0. The summed E-state index contributed by atoms with van der Waals surface area (Å²) < 4.78 is 58.7. The Kier molecular flexibility index (Phi) is 30.5. The van der Waals surface area contributed by atoms with Crippen molar-refractivity contribution in [2.45, 2.75) is 206 Å². The molecule has 37 heteroatoms. The van der Waals surface area contributed by atoms with Crippen LogP contribution in [0.15, 0.2) is 79.0 Å². The van der Waals surface area contributed by atoms with Crippen LogP contribution >= 0.6 is 23.1 Å². The second kappa shape index (κ2) is 39.5. The minimum atomic E-state index is -4.36. The fourth-order valence-corrected chi connectivity index (χ4v) is 19.9. The Morgan fingerprint density at radius 1 is 0.850 bits per heavy atom. The molecule has 4 aliphatic carbocycles. The van der Waals surface area contributed by atoms with E-state index in [0.717, 1.165) is 70.5 Å². The fourth-order valence-electron chi connectivity index (χ4n) is 18.7. The number of hydrogen-bond acceptors (Lipinski definition) is 26. The summed E-state index contributed by atoms with van der Waals surface area (Å²) >= 11 is 3.15. The van der Waals surface area contributed by atoms with Crippen LogP contribution in [0.3, 0.4) is 0 Å². The van der Waals surface area contributed by atoms with E-state index in [-0.39, 0.29) is 92.5 Å². The SMILES string of the molecule is CCC(=O)N[C@H]1C[C@@H](COCCS(=O)(=O)O)N(CC(=O)N[C@H](C(=O)N[C@@H](C)C(=O)Cc2ccc(COC(=O)N(C)CCOC34CC5(C)CC(C)(CC(Cn6ncc(-c7ccc(N8CCc9cccc(C(=O)Nc%10nc%11ccccc%11s%10)c9C8)nc7C(=O)O)c6C)(C5)C3)C4)c(CCC3O[C@H](C(=O)O)[C@@H](O)[C@H](O)[C@H]3O)c2)C(C)C)C1=O.CSC.O=C=O. The number of carboxylic acids is 2. The number of aryl methyl sites for hydroxylation is 1. The van der Waals surface area contributed by atoms with E-state index in [4.69, 9.17) is 43.2 Å². The number of carbonyl (C=O) groups is 9. The summed E-state index contributed by atoms with van der Waals surface area (Å²) in [5.41, 5.74) is 5.37. The number of nitrogens with zero attached hydrogens (tertiary/aromatic N) is 7. The van der Waals surface area contributed by atoms with Crippen LogP contribution in [0.2, 0.25) is 0 Å². The van der Waals surface area contributed by atoms with Crippen LogP contribution in [0, 0.1) is 29.1 Å². The van der Waals surface area contributed by atoms with E-state index >= 15 is 0 Å². The summed E-state index contributed by atoms with van der Waals surface area (Å²) in [6.07, 6.45) is 2.32. The molecule has 34 nitrogen and oxygen atoms in total. The normalized spacial score (nSPS) is 24.5. The fraction of sp³-hybridized carbons (Fsp3) is 0.554. The molecule has 10 N–H and O–H groups in total. The Morgan fingerprint density at radius 2 is 1.56 bits per heavy atom. The van der Waals surface area contributed by atoms with Gasteiger partial charge in [0.2, 0.25) is 23.6 Å². The lowest BCUT2D eigenvalue weighted by atomic mass is 9.39. The molecule has 4 bridgehead atoms. The smallest absolute Gasteiger partial charge is 0.409 e. The number of pyridine rings is 1. The number of hydrogen-bond donors (Lipinski definition) is 10. The predicted octanol–water partition coefficient (Wildman–Crippen LogP) is 6.20. The lowest BCUT2D eigenvalue weighted by molar-refractivity contribution is -0.248. The highest BCUT2D eigenvalue weighted by atomic mass is 32.2. The molecule has 3 aromatic carbocycles. The molecule has 2 saturated heterocycles. The quantitative estimate of drug-likeness (QED) is 0.0162. The monoisotopic (exact) mass is 1720 g/mol. The molecular weight excluding hydrogens is 1620 g/mol. The van der Waals surface area contributed by atoms with Crippen molar-refractivity contribution in [3.63, 3.8) is 0 Å². The van der Waals surface area contributed by atoms with Gasteiger partial charge in [0.25, 0.3) is 16.0 Å². The van der Waals surface area contributed by atoms with Crippen molar-refractivity contribution >= 4 is 114 Å². The molecule has 3 aliphatic heterocycles. The molecule has 650 valence electrons. The molecule has 6 aromatic rings. The van der Waals surface area contributed by atoms with Crippen molar-refractivity contribution in [1.82, 2.24) is 45.5 Å². The summed E-state index contributed by atoms with van der Waals surface area (Å²) in [5.74, 6) is -6.82. The maximum Gasteiger partial charge on any atom is 0.409 e. The lowest BCUT2D eigenvalue weighted by Crippen LogP contribution is -2.64. The first kappa shape index (κ1) is 92.6. The number of thioether (sulfide) groups is 1. The number of anilines is 2. The Morgan fingerprint density at radius 3 is 2.23 bits per heavy atom. The number of rotatable bonds is 33. The zero-order valence-electron chi connectivity index (χ0n) is 68.8. The Labute approximate surface area is 703 Å². The van der Waals surface area contributed by atoms with Gasteiger partial charge in [0.05, 0.1) is 72.3 Å². The number of thiazole rings is 1. The molecule has 11 atom stereocenters. The minimum absolute atomic E-state index is 0.0196. The number of carboxylic acid groups (broad SMARTS) is 2. The Bertz CT molecular complexity index is 4890. The second-order valence-corrected chi connectivity index (χ2v) is 36.7. The molecule has 6 fully saturated rings. The number of benzene rings is 3. The van der Waals surface area contributed by atoms with Crippen molar-refractivity contribution in [2.75, 3.05) is 75.0 Å². The summed E-state index contributed by atoms with van der Waals surface area (Å²) in [6, 6.07) is 17.7. The number of ether oxygens (including phenoxy) is 4. The number of aliphatic hydroxyl groups is 3. The number of Topliss-reactive ketones (excluding diaryl/α,β-unsaturated/α-hetero) is 1. The molecule has 3 aromatic heterocycles. The van der Waals surface area contributed by atoms with Gasteiger partial charge in [-0.05, 0) is 171 Å². The molecule has 0 radical (unpaired) electrons. The molecule has 120 heavy (non-hydrogen) atoms. The van der Waals surface area contributed by atoms with Gasteiger partial charge in [-0.3, -0.25) is 43.3 Å². The molecule has 13 rings (SSSR count). The van der Waals surface area contributed by atoms with Gasteiger partial charge >= 0.3 is 24.2 Å². The average molecular weight is 1720 g/mol. The third-order valence-corrected chi connectivity index (χ3v) is 24.8. The summed E-state index contributed by atoms with van der Waals surface area (Å²) in [4.78, 5) is 151. The van der Waals surface area contributed by atoms with E-state index in [1.807, 2.05) is 71.5 Å². The predicted molar refractivity (Wildman–Crippen MR) is 440 cm³/mol. The molecule has 4 saturated carbocycles. The van der Waals surface area contributed by atoms with Gasteiger partial charge in [-0.2, -0.15) is 34.9 Å². The van der Waals surface area contributed by atoms with Gasteiger partial charge in [-0.15, -0.1) is 0 Å². The number of ketones is 1. The second-order valence-electron chi connectivity index (χ2n) is 33.3.